The van der Waals surface area contributed by atoms with Gasteiger partial charge in [0.25, 0.3) is 0 Å². The van der Waals surface area contributed by atoms with Gasteiger partial charge >= 0.3 is 5.97 Å². The normalized spacial score (nSPS) is 12.3. The van der Waals surface area contributed by atoms with Crippen LogP contribution in [0.1, 0.15) is 24.1 Å². The molecule has 2 N–H and O–H groups in total. The van der Waals surface area contributed by atoms with Gasteiger partial charge in [0.1, 0.15) is 0 Å². The van der Waals surface area contributed by atoms with Crippen molar-refractivity contribution >= 4 is 33.8 Å². The number of aliphatic carboxylic acids is 1. The molecule has 4 nitrogen and oxygen atoms in total. The number of thiazole rings is 1. The van der Waals surface area contributed by atoms with E-state index in [1.54, 1.807) is 11.3 Å². The lowest BCUT2D eigenvalue weighted by Gasteiger charge is -2.07. The molecule has 0 aromatic carbocycles. The van der Waals surface area contributed by atoms with Crippen molar-refractivity contribution < 1.29 is 9.90 Å². The summed E-state index contributed by atoms with van der Waals surface area (Å²) in [6, 6.07) is 3.99. The van der Waals surface area contributed by atoms with Crippen molar-refractivity contribution in [3.8, 4) is 10.6 Å². The smallest absolute Gasteiger partial charge is 0.303 e. The summed E-state index contributed by atoms with van der Waals surface area (Å²) in [7, 11) is 1.82. The molecular weight excluding hydrogens is 268 g/mol. The predicted molar refractivity (Wildman–Crippen MR) is 75.6 cm³/mol. The van der Waals surface area contributed by atoms with Gasteiger partial charge in [0.15, 0.2) is 5.13 Å². The van der Waals surface area contributed by atoms with Crippen molar-refractivity contribution in [2.75, 3.05) is 12.4 Å². The molecule has 0 saturated heterocycles. The summed E-state index contributed by atoms with van der Waals surface area (Å²) >= 11 is 3.15. The van der Waals surface area contributed by atoms with Gasteiger partial charge in [-0.15, -0.1) is 22.7 Å². The average Bonchev–Trinajstić information content (AvgIpc) is 2.96. The molecule has 0 radical (unpaired) electrons. The maximum absolute atomic E-state index is 10.8. The molecular formula is C12H14N2O2S2. The molecule has 1 unspecified atom stereocenters. The fourth-order valence-corrected chi connectivity index (χ4v) is 3.49. The van der Waals surface area contributed by atoms with Gasteiger partial charge in [-0.05, 0) is 11.4 Å². The predicted octanol–water partition coefficient (Wildman–Crippen LogP) is 3.49. The van der Waals surface area contributed by atoms with Gasteiger partial charge in [-0.2, -0.15) is 0 Å². The first-order chi connectivity index (χ1) is 8.61. The third-order valence-electron chi connectivity index (χ3n) is 2.55. The van der Waals surface area contributed by atoms with Gasteiger partial charge in [0.05, 0.1) is 17.0 Å². The molecule has 0 aliphatic heterocycles. The summed E-state index contributed by atoms with van der Waals surface area (Å²) in [6.45, 7) is 1.93. The van der Waals surface area contributed by atoms with E-state index in [-0.39, 0.29) is 12.3 Å². The summed E-state index contributed by atoms with van der Waals surface area (Å²) < 4.78 is 0. The molecule has 96 valence electrons. The van der Waals surface area contributed by atoms with Gasteiger partial charge in [0.2, 0.25) is 0 Å². The number of anilines is 1. The van der Waals surface area contributed by atoms with Gasteiger partial charge in [-0.1, -0.05) is 13.0 Å². The Morgan fingerprint density at radius 1 is 1.61 bits per heavy atom. The van der Waals surface area contributed by atoms with E-state index in [1.165, 1.54) is 11.3 Å². The zero-order valence-corrected chi connectivity index (χ0v) is 11.8. The second-order valence-electron chi connectivity index (χ2n) is 3.96. The first-order valence-electron chi connectivity index (χ1n) is 5.56. The fraction of sp³-hybridized carbons (Fsp3) is 0.333. The Labute approximate surface area is 113 Å². The van der Waals surface area contributed by atoms with Crippen LogP contribution in [0.2, 0.25) is 0 Å². The van der Waals surface area contributed by atoms with E-state index in [1.807, 2.05) is 31.5 Å². The number of rotatable bonds is 5. The molecule has 0 aliphatic carbocycles. The molecule has 2 aromatic heterocycles. The number of nitrogens with zero attached hydrogens (tertiary/aromatic N) is 1. The molecule has 0 fully saturated rings. The Hall–Kier alpha value is -1.40. The van der Waals surface area contributed by atoms with E-state index in [2.05, 4.69) is 10.3 Å². The Morgan fingerprint density at radius 2 is 2.39 bits per heavy atom. The van der Waals surface area contributed by atoms with Crippen molar-refractivity contribution in [1.82, 2.24) is 4.98 Å². The van der Waals surface area contributed by atoms with Crippen molar-refractivity contribution in [1.29, 1.82) is 0 Å². The average molecular weight is 282 g/mol. The lowest BCUT2D eigenvalue weighted by atomic mass is 10.0. The van der Waals surface area contributed by atoms with E-state index in [9.17, 15) is 4.79 Å². The highest BCUT2D eigenvalue weighted by atomic mass is 32.1. The molecule has 1 atom stereocenters. The Bertz CT molecular complexity index is 534. The minimum absolute atomic E-state index is 0.0285. The van der Waals surface area contributed by atoms with E-state index in [0.29, 0.717) is 0 Å². The first kappa shape index (κ1) is 13.0. The third kappa shape index (κ3) is 2.70. The highest BCUT2D eigenvalue weighted by molar-refractivity contribution is 7.17. The minimum Gasteiger partial charge on any atom is -0.481 e. The molecule has 0 amide bonds. The van der Waals surface area contributed by atoms with E-state index in [4.69, 9.17) is 5.11 Å². The van der Waals surface area contributed by atoms with Crippen LogP contribution in [0.5, 0.6) is 0 Å². The molecule has 2 heterocycles. The summed E-state index contributed by atoms with van der Waals surface area (Å²) in [5.41, 5.74) is 0.910. The Kier molecular flexibility index (Phi) is 3.98. The number of nitrogens with one attached hydrogen (secondary N) is 1. The number of thiophene rings is 1. The van der Waals surface area contributed by atoms with Crippen LogP contribution in [0.4, 0.5) is 5.13 Å². The summed E-state index contributed by atoms with van der Waals surface area (Å²) in [5, 5.41) is 14.7. The van der Waals surface area contributed by atoms with Crippen LogP contribution in [-0.4, -0.2) is 23.1 Å². The van der Waals surface area contributed by atoms with Gasteiger partial charge in [0, 0.05) is 17.8 Å². The van der Waals surface area contributed by atoms with Crippen LogP contribution in [0, 0.1) is 0 Å². The standard InChI is InChI=1S/C12H14N2O2S2/c1-7(6-9(15)16)11-10(8-4-3-5-17-8)14-12(13-2)18-11/h3-5,7H,6H2,1-2H3,(H,13,14)(H,15,16). The molecule has 18 heavy (non-hydrogen) atoms. The summed E-state index contributed by atoms with van der Waals surface area (Å²) in [6.07, 6.45) is 0.129. The number of carboxylic acids is 1. The van der Waals surface area contributed by atoms with Gasteiger partial charge in [-0.25, -0.2) is 4.98 Å². The Morgan fingerprint density at radius 3 is 2.94 bits per heavy atom. The van der Waals surface area contributed by atoms with Crippen LogP contribution in [0.3, 0.4) is 0 Å². The topological polar surface area (TPSA) is 62.2 Å². The largest absolute Gasteiger partial charge is 0.481 e. The number of carboxylic acid groups (broad SMARTS) is 1. The number of aromatic nitrogens is 1. The van der Waals surface area contributed by atoms with Crippen LogP contribution in [-0.2, 0) is 4.79 Å². The van der Waals surface area contributed by atoms with Crippen molar-refractivity contribution in [3.63, 3.8) is 0 Å². The number of hydrogen-bond donors (Lipinski definition) is 2. The molecule has 0 spiro atoms. The van der Waals surface area contributed by atoms with Crippen LogP contribution in [0.15, 0.2) is 17.5 Å². The Balaban J connectivity index is 2.39. The maximum atomic E-state index is 10.8. The van der Waals surface area contributed by atoms with Crippen molar-refractivity contribution in [2.24, 2.45) is 0 Å². The molecule has 2 rings (SSSR count). The molecule has 6 heteroatoms. The highest BCUT2D eigenvalue weighted by Crippen LogP contribution is 2.39. The van der Waals surface area contributed by atoms with Crippen LogP contribution in [0.25, 0.3) is 10.6 Å². The lowest BCUT2D eigenvalue weighted by Crippen LogP contribution is -2.02. The van der Waals surface area contributed by atoms with Crippen LogP contribution < -0.4 is 5.32 Å². The third-order valence-corrected chi connectivity index (χ3v) is 4.73. The SMILES string of the molecule is CNc1nc(-c2cccs2)c(C(C)CC(=O)O)s1. The van der Waals surface area contributed by atoms with Crippen molar-refractivity contribution in [2.45, 2.75) is 19.3 Å². The van der Waals surface area contributed by atoms with E-state index in [0.717, 1.165) is 20.6 Å². The van der Waals surface area contributed by atoms with E-state index < -0.39 is 5.97 Å². The van der Waals surface area contributed by atoms with Gasteiger partial charge in [-0.3, -0.25) is 4.79 Å². The quantitative estimate of drug-likeness (QED) is 0.881. The van der Waals surface area contributed by atoms with Crippen molar-refractivity contribution in [3.05, 3.63) is 22.4 Å². The first-order valence-corrected chi connectivity index (χ1v) is 7.25. The highest BCUT2D eigenvalue weighted by Gasteiger charge is 2.20. The summed E-state index contributed by atoms with van der Waals surface area (Å²) in [5.74, 6) is -0.807. The zero-order chi connectivity index (χ0) is 13.1. The fourth-order valence-electron chi connectivity index (χ4n) is 1.72. The number of hydrogen-bond acceptors (Lipinski definition) is 5. The monoisotopic (exact) mass is 282 g/mol. The second kappa shape index (κ2) is 5.49. The van der Waals surface area contributed by atoms with E-state index >= 15 is 0 Å². The number of carbonyl (C=O) groups is 1. The molecule has 0 saturated carbocycles. The second-order valence-corrected chi connectivity index (χ2v) is 5.94. The zero-order valence-electron chi connectivity index (χ0n) is 10.1. The van der Waals surface area contributed by atoms with Gasteiger partial charge < -0.3 is 10.4 Å². The minimum atomic E-state index is -0.779. The maximum Gasteiger partial charge on any atom is 0.303 e. The molecule has 2 aromatic rings. The summed E-state index contributed by atoms with van der Waals surface area (Å²) in [4.78, 5) is 17.5. The lowest BCUT2D eigenvalue weighted by molar-refractivity contribution is -0.137. The molecule has 0 bridgehead atoms. The van der Waals surface area contributed by atoms with Crippen LogP contribution >= 0.6 is 22.7 Å². The molecule has 0 aliphatic rings.